The first-order chi connectivity index (χ1) is 14.7. The summed E-state index contributed by atoms with van der Waals surface area (Å²) in [6, 6.07) is 8.52. The molecule has 2 N–H and O–H groups in total. The summed E-state index contributed by atoms with van der Waals surface area (Å²) in [7, 11) is 1.69. The highest BCUT2D eigenvalue weighted by atomic mass is 127. The summed E-state index contributed by atoms with van der Waals surface area (Å²) in [4.78, 5) is 13.0. The lowest BCUT2D eigenvalue weighted by atomic mass is 10.0. The van der Waals surface area contributed by atoms with Crippen molar-refractivity contribution in [2.45, 2.75) is 26.3 Å². The number of benzene rings is 1. The van der Waals surface area contributed by atoms with Gasteiger partial charge in [-0.1, -0.05) is 12.1 Å². The third-order valence-electron chi connectivity index (χ3n) is 5.05. The number of thiazole rings is 1. The van der Waals surface area contributed by atoms with Crippen LogP contribution in [0, 0.1) is 6.92 Å². The number of morpholine rings is 1. The first kappa shape index (κ1) is 25.8. The molecule has 172 valence electrons. The molecule has 9 heteroatoms. The van der Waals surface area contributed by atoms with Crippen molar-refractivity contribution in [2.75, 3.05) is 53.0 Å². The van der Waals surface area contributed by atoms with Gasteiger partial charge in [0.15, 0.2) is 5.96 Å². The number of aromatic nitrogens is 1. The van der Waals surface area contributed by atoms with E-state index in [1.165, 1.54) is 10.4 Å². The van der Waals surface area contributed by atoms with Gasteiger partial charge in [-0.05, 0) is 31.5 Å². The van der Waals surface area contributed by atoms with E-state index in [1.54, 1.807) is 18.4 Å². The smallest absolute Gasteiger partial charge is 0.191 e. The maximum absolute atomic E-state index is 5.56. The molecule has 1 fully saturated rings. The minimum atomic E-state index is 0. The van der Waals surface area contributed by atoms with Gasteiger partial charge in [-0.2, -0.15) is 0 Å². The molecule has 0 amide bonds. The summed E-state index contributed by atoms with van der Waals surface area (Å²) in [6.07, 6.45) is 2.83. The molecule has 1 aliphatic rings. The zero-order chi connectivity index (χ0) is 21.2. The Morgan fingerprint density at radius 2 is 2.00 bits per heavy atom. The second-order valence-electron chi connectivity index (χ2n) is 7.20. The van der Waals surface area contributed by atoms with Crippen LogP contribution in [-0.4, -0.2) is 68.9 Å². The number of hydrogen-bond acceptors (Lipinski definition) is 6. The molecule has 2 aromatic rings. The fraction of sp³-hybridized carbons (Fsp3) is 0.545. The Balaban J connectivity index is 0.00000341. The van der Waals surface area contributed by atoms with Crippen LogP contribution in [0.4, 0.5) is 0 Å². The van der Waals surface area contributed by atoms with Crippen molar-refractivity contribution >= 4 is 41.3 Å². The van der Waals surface area contributed by atoms with Crippen LogP contribution in [0.25, 0.3) is 0 Å². The summed E-state index contributed by atoms with van der Waals surface area (Å²) in [6.45, 7) is 9.85. The van der Waals surface area contributed by atoms with E-state index in [0.29, 0.717) is 6.54 Å². The van der Waals surface area contributed by atoms with E-state index in [2.05, 4.69) is 46.5 Å². The van der Waals surface area contributed by atoms with E-state index >= 15 is 0 Å². The van der Waals surface area contributed by atoms with Crippen molar-refractivity contribution in [2.24, 2.45) is 4.99 Å². The molecule has 0 saturated carbocycles. The molecule has 1 saturated heterocycles. The molecular weight excluding hydrogens is 525 g/mol. The van der Waals surface area contributed by atoms with Crippen LogP contribution in [0.15, 0.2) is 35.5 Å². The number of nitrogens with one attached hydrogen (secondary N) is 2. The number of ether oxygens (including phenoxy) is 2. The lowest BCUT2D eigenvalue weighted by Gasteiger charge is -2.34. The predicted octanol–water partition coefficient (Wildman–Crippen LogP) is 3.25. The maximum atomic E-state index is 5.56. The summed E-state index contributed by atoms with van der Waals surface area (Å²) >= 11 is 1.75. The molecule has 1 atom stereocenters. The fourth-order valence-corrected chi connectivity index (χ4v) is 4.26. The van der Waals surface area contributed by atoms with Gasteiger partial charge in [0.05, 0.1) is 37.9 Å². The molecule has 1 unspecified atom stereocenters. The number of aliphatic imine (C=N–C) groups is 1. The van der Waals surface area contributed by atoms with Crippen LogP contribution < -0.4 is 15.4 Å². The first-order valence-electron chi connectivity index (χ1n) is 10.6. The average molecular weight is 560 g/mol. The first-order valence-corrected chi connectivity index (χ1v) is 11.4. The number of methoxy groups -OCH3 is 1. The number of guanidine groups is 1. The quantitative estimate of drug-likeness (QED) is 0.279. The molecule has 3 rings (SSSR count). The molecule has 0 radical (unpaired) electrons. The van der Waals surface area contributed by atoms with Crippen LogP contribution in [-0.2, 0) is 11.2 Å². The Bertz CT molecular complexity index is 793. The Morgan fingerprint density at radius 3 is 2.61 bits per heavy atom. The Hall–Kier alpha value is -1.43. The largest absolute Gasteiger partial charge is 0.497 e. The lowest BCUT2D eigenvalue weighted by molar-refractivity contribution is 0.0179. The summed E-state index contributed by atoms with van der Waals surface area (Å²) in [5.41, 5.74) is 1.25. The lowest BCUT2D eigenvalue weighted by Crippen LogP contribution is -2.42. The van der Waals surface area contributed by atoms with E-state index in [1.807, 2.05) is 18.3 Å². The minimum absolute atomic E-state index is 0. The zero-order valence-corrected chi connectivity index (χ0v) is 21.7. The molecule has 31 heavy (non-hydrogen) atoms. The number of rotatable bonds is 9. The molecule has 1 aliphatic heterocycles. The maximum Gasteiger partial charge on any atom is 0.191 e. The third-order valence-corrected chi connectivity index (χ3v) is 6.03. The van der Waals surface area contributed by atoms with Crippen LogP contribution >= 0.6 is 35.3 Å². The fourth-order valence-electron chi connectivity index (χ4n) is 3.47. The molecule has 1 aromatic heterocycles. The van der Waals surface area contributed by atoms with Crippen molar-refractivity contribution in [1.82, 2.24) is 20.5 Å². The van der Waals surface area contributed by atoms with Crippen molar-refractivity contribution in [3.63, 3.8) is 0 Å². The molecule has 2 heterocycles. The number of halogens is 1. The topological polar surface area (TPSA) is 71.0 Å². The highest BCUT2D eigenvalue weighted by Gasteiger charge is 2.22. The third kappa shape index (κ3) is 8.21. The van der Waals surface area contributed by atoms with E-state index in [-0.39, 0.29) is 30.0 Å². The van der Waals surface area contributed by atoms with Gasteiger partial charge >= 0.3 is 0 Å². The highest BCUT2D eigenvalue weighted by Crippen LogP contribution is 2.24. The van der Waals surface area contributed by atoms with Crippen LogP contribution in [0.1, 0.15) is 28.4 Å². The van der Waals surface area contributed by atoms with Crippen LogP contribution in [0.5, 0.6) is 5.75 Å². The predicted molar refractivity (Wildman–Crippen MR) is 138 cm³/mol. The van der Waals surface area contributed by atoms with Crippen molar-refractivity contribution in [3.05, 3.63) is 45.9 Å². The van der Waals surface area contributed by atoms with Crippen molar-refractivity contribution in [3.8, 4) is 5.75 Å². The van der Waals surface area contributed by atoms with Gasteiger partial charge in [-0.15, -0.1) is 35.3 Å². The molecule has 7 nitrogen and oxygen atoms in total. The van der Waals surface area contributed by atoms with Crippen molar-refractivity contribution < 1.29 is 9.47 Å². The van der Waals surface area contributed by atoms with Crippen LogP contribution in [0.2, 0.25) is 0 Å². The second kappa shape index (κ2) is 13.9. The van der Waals surface area contributed by atoms with Gasteiger partial charge in [0.1, 0.15) is 5.75 Å². The van der Waals surface area contributed by atoms with E-state index in [0.717, 1.165) is 62.5 Å². The Labute approximate surface area is 206 Å². The average Bonchev–Trinajstić information content (AvgIpc) is 3.20. The Morgan fingerprint density at radius 1 is 1.26 bits per heavy atom. The summed E-state index contributed by atoms with van der Waals surface area (Å²) < 4.78 is 10.9. The molecular formula is C22H34IN5O2S. The standard InChI is InChI=1S/C22H33N5O2S.HI/c1-4-23-22(24-10-9-21-25-15-17(2)30-21)26-16-20(27-11-13-29-14-12-27)18-5-7-19(28-3)8-6-18;/h5-8,15,20H,4,9-14,16H2,1-3H3,(H2,23,24,26);1H. The van der Waals surface area contributed by atoms with Gasteiger partial charge in [0, 0.05) is 43.7 Å². The molecule has 1 aromatic carbocycles. The number of hydrogen-bond donors (Lipinski definition) is 2. The van der Waals surface area contributed by atoms with Gasteiger partial charge in [0.25, 0.3) is 0 Å². The zero-order valence-electron chi connectivity index (χ0n) is 18.6. The highest BCUT2D eigenvalue weighted by molar-refractivity contribution is 14.0. The van der Waals surface area contributed by atoms with E-state index < -0.39 is 0 Å². The Kier molecular flexibility index (Phi) is 11.6. The molecule has 0 spiro atoms. The number of aryl methyl sites for hydroxylation is 1. The number of nitrogens with zero attached hydrogens (tertiary/aromatic N) is 3. The molecule has 0 bridgehead atoms. The van der Waals surface area contributed by atoms with Gasteiger partial charge in [-0.3, -0.25) is 9.89 Å². The molecule has 0 aliphatic carbocycles. The van der Waals surface area contributed by atoms with Crippen molar-refractivity contribution in [1.29, 1.82) is 0 Å². The summed E-state index contributed by atoms with van der Waals surface area (Å²) in [5, 5.41) is 7.96. The normalized spacial score (nSPS) is 15.8. The van der Waals surface area contributed by atoms with Crippen LogP contribution in [0.3, 0.4) is 0 Å². The monoisotopic (exact) mass is 559 g/mol. The van der Waals surface area contributed by atoms with E-state index in [4.69, 9.17) is 14.5 Å². The SMILES string of the molecule is CCNC(=NCC(c1ccc(OC)cc1)N1CCOCC1)NCCc1ncc(C)s1.I. The van der Waals surface area contributed by atoms with Gasteiger partial charge in [0.2, 0.25) is 0 Å². The van der Waals surface area contributed by atoms with Gasteiger partial charge in [-0.25, -0.2) is 4.98 Å². The summed E-state index contributed by atoms with van der Waals surface area (Å²) in [5.74, 6) is 1.72. The van der Waals surface area contributed by atoms with E-state index in [9.17, 15) is 0 Å². The van der Waals surface area contributed by atoms with Gasteiger partial charge < -0.3 is 20.1 Å². The minimum Gasteiger partial charge on any atom is -0.497 e. The second-order valence-corrected chi connectivity index (χ2v) is 8.52.